The Kier molecular flexibility index (Phi) is 5.44. The monoisotopic (exact) mass is 292 g/mol. The lowest BCUT2D eigenvalue weighted by molar-refractivity contribution is 0.0937. The fourth-order valence-electron chi connectivity index (χ4n) is 2.67. The van der Waals surface area contributed by atoms with E-state index in [1.807, 2.05) is 0 Å². The van der Waals surface area contributed by atoms with Crippen LogP contribution in [0.1, 0.15) is 23.7 Å². The number of ether oxygens (including phenoxy) is 2. The van der Waals surface area contributed by atoms with Crippen LogP contribution in [0.25, 0.3) is 0 Å². The maximum atomic E-state index is 12.2. The van der Waals surface area contributed by atoms with E-state index in [9.17, 15) is 4.79 Å². The molecule has 0 spiro atoms. The SMILES string of the molecule is COc1ccc(C(=O)NCC2CCNCC2C)cc1OC. The molecule has 1 fully saturated rings. The van der Waals surface area contributed by atoms with Crippen molar-refractivity contribution in [2.45, 2.75) is 13.3 Å². The Bertz CT molecular complexity index is 490. The average molecular weight is 292 g/mol. The standard InChI is InChI=1S/C16H24N2O3/c1-11-9-17-7-6-13(11)10-18-16(19)12-4-5-14(20-2)15(8-12)21-3/h4-5,8,11,13,17H,6-7,9-10H2,1-3H3,(H,18,19). The van der Waals surface area contributed by atoms with Gasteiger partial charge in [-0.25, -0.2) is 0 Å². The lowest BCUT2D eigenvalue weighted by Gasteiger charge is -2.29. The second kappa shape index (κ2) is 7.31. The largest absolute Gasteiger partial charge is 0.493 e. The Labute approximate surface area is 126 Å². The number of carbonyl (C=O) groups excluding carboxylic acids is 1. The molecule has 2 atom stereocenters. The summed E-state index contributed by atoms with van der Waals surface area (Å²) in [6, 6.07) is 5.21. The lowest BCUT2D eigenvalue weighted by atomic mass is 9.88. The molecule has 0 aliphatic carbocycles. The van der Waals surface area contributed by atoms with Gasteiger partial charge in [0.05, 0.1) is 14.2 Å². The normalized spacial score (nSPS) is 21.7. The van der Waals surface area contributed by atoms with Crippen molar-refractivity contribution in [1.29, 1.82) is 0 Å². The third-order valence-corrected chi connectivity index (χ3v) is 4.13. The Morgan fingerprint density at radius 3 is 2.76 bits per heavy atom. The van der Waals surface area contributed by atoms with Crippen LogP contribution in [-0.2, 0) is 0 Å². The van der Waals surface area contributed by atoms with E-state index in [0.717, 1.165) is 26.1 Å². The topological polar surface area (TPSA) is 59.6 Å². The molecule has 5 nitrogen and oxygen atoms in total. The molecule has 5 heteroatoms. The van der Waals surface area contributed by atoms with Gasteiger partial charge in [0.2, 0.25) is 0 Å². The number of hydrogen-bond acceptors (Lipinski definition) is 4. The molecule has 1 aliphatic rings. The summed E-state index contributed by atoms with van der Waals surface area (Å²) in [5.41, 5.74) is 0.592. The van der Waals surface area contributed by atoms with E-state index in [1.165, 1.54) is 0 Å². The van der Waals surface area contributed by atoms with E-state index < -0.39 is 0 Å². The van der Waals surface area contributed by atoms with E-state index in [-0.39, 0.29) is 5.91 Å². The first kappa shape index (κ1) is 15.6. The number of benzene rings is 1. The van der Waals surface area contributed by atoms with Crippen molar-refractivity contribution in [1.82, 2.24) is 10.6 Å². The molecule has 1 aromatic carbocycles. The number of hydrogen-bond donors (Lipinski definition) is 2. The fraction of sp³-hybridized carbons (Fsp3) is 0.562. The number of nitrogens with one attached hydrogen (secondary N) is 2. The summed E-state index contributed by atoms with van der Waals surface area (Å²) < 4.78 is 10.4. The molecule has 2 rings (SSSR count). The van der Waals surface area contributed by atoms with Gasteiger partial charge in [0.25, 0.3) is 5.91 Å². The zero-order chi connectivity index (χ0) is 15.2. The van der Waals surface area contributed by atoms with Crippen LogP contribution in [0.15, 0.2) is 18.2 Å². The van der Waals surface area contributed by atoms with Gasteiger partial charge in [0, 0.05) is 12.1 Å². The van der Waals surface area contributed by atoms with Gasteiger partial charge in [0.15, 0.2) is 11.5 Å². The van der Waals surface area contributed by atoms with Crippen LogP contribution >= 0.6 is 0 Å². The summed E-state index contributed by atoms with van der Waals surface area (Å²) in [5.74, 6) is 2.25. The average Bonchev–Trinajstić information content (AvgIpc) is 2.53. The van der Waals surface area contributed by atoms with E-state index in [2.05, 4.69) is 17.6 Å². The minimum absolute atomic E-state index is 0.0679. The van der Waals surface area contributed by atoms with Crippen molar-refractivity contribution in [2.24, 2.45) is 11.8 Å². The first-order valence-corrected chi connectivity index (χ1v) is 7.36. The van der Waals surface area contributed by atoms with Crippen LogP contribution in [-0.4, -0.2) is 39.8 Å². The summed E-state index contributed by atoms with van der Waals surface area (Å²) in [4.78, 5) is 12.2. The molecule has 1 aliphatic heterocycles. The van der Waals surface area contributed by atoms with Crippen LogP contribution in [0.4, 0.5) is 0 Å². The van der Waals surface area contributed by atoms with Crippen LogP contribution in [0.3, 0.4) is 0 Å². The molecular weight excluding hydrogens is 268 g/mol. The van der Waals surface area contributed by atoms with Gasteiger partial charge in [-0.1, -0.05) is 6.92 Å². The van der Waals surface area contributed by atoms with E-state index in [0.29, 0.717) is 28.9 Å². The Morgan fingerprint density at radius 2 is 2.10 bits per heavy atom. The van der Waals surface area contributed by atoms with Crippen LogP contribution in [0.2, 0.25) is 0 Å². The second-order valence-electron chi connectivity index (χ2n) is 5.51. The minimum Gasteiger partial charge on any atom is -0.493 e. The van der Waals surface area contributed by atoms with E-state index >= 15 is 0 Å². The predicted octanol–water partition coefficient (Wildman–Crippen LogP) is 1.68. The first-order valence-electron chi connectivity index (χ1n) is 7.36. The summed E-state index contributed by atoms with van der Waals surface area (Å²) in [7, 11) is 3.15. The highest BCUT2D eigenvalue weighted by Crippen LogP contribution is 2.27. The molecule has 0 saturated carbocycles. The van der Waals surface area contributed by atoms with Crippen molar-refractivity contribution >= 4 is 5.91 Å². The minimum atomic E-state index is -0.0679. The van der Waals surface area contributed by atoms with Gasteiger partial charge >= 0.3 is 0 Å². The third-order valence-electron chi connectivity index (χ3n) is 4.13. The summed E-state index contributed by atoms with van der Waals surface area (Å²) in [6.07, 6.45) is 1.10. The van der Waals surface area contributed by atoms with Crippen LogP contribution in [0, 0.1) is 11.8 Å². The zero-order valence-electron chi connectivity index (χ0n) is 12.9. The summed E-state index contributed by atoms with van der Waals surface area (Å²) in [6.45, 7) is 4.99. The van der Waals surface area contributed by atoms with Crippen molar-refractivity contribution < 1.29 is 14.3 Å². The van der Waals surface area contributed by atoms with Crippen molar-refractivity contribution in [3.8, 4) is 11.5 Å². The number of amides is 1. The molecule has 0 aromatic heterocycles. The number of methoxy groups -OCH3 is 2. The number of piperidine rings is 1. The van der Waals surface area contributed by atoms with Gasteiger partial charge < -0.3 is 20.1 Å². The highest BCUT2D eigenvalue weighted by atomic mass is 16.5. The first-order chi connectivity index (χ1) is 10.2. The Balaban J connectivity index is 1.96. The number of rotatable bonds is 5. The molecule has 21 heavy (non-hydrogen) atoms. The molecule has 2 N–H and O–H groups in total. The van der Waals surface area contributed by atoms with Crippen molar-refractivity contribution in [3.05, 3.63) is 23.8 Å². The maximum absolute atomic E-state index is 12.2. The maximum Gasteiger partial charge on any atom is 0.251 e. The fourth-order valence-corrected chi connectivity index (χ4v) is 2.67. The molecule has 1 amide bonds. The highest BCUT2D eigenvalue weighted by Gasteiger charge is 2.21. The highest BCUT2D eigenvalue weighted by molar-refractivity contribution is 5.94. The predicted molar refractivity (Wildman–Crippen MR) is 82.0 cm³/mol. The van der Waals surface area contributed by atoms with Gasteiger partial charge in [-0.05, 0) is 49.5 Å². The lowest BCUT2D eigenvalue weighted by Crippen LogP contribution is -2.41. The molecule has 1 saturated heterocycles. The molecule has 2 unspecified atom stereocenters. The molecule has 0 bridgehead atoms. The van der Waals surface area contributed by atoms with Crippen LogP contribution < -0.4 is 20.1 Å². The van der Waals surface area contributed by atoms with Crippen molar-refractivity contribution in [2.75, 3.05) is 33.9 Å². The van der Waals surface area contributed by atoms with E-state index in [1.54, 1.807) is 32.4 Å². The zero-order valence-corrected chi connectivity index (χ0v) is 12.9. The van der Waals surface area contributed by atoms with Gasteiger partial charge in [-0.15, -0.1) is 0 Å². The molecule has 1 aromatic rings. The van der Waals surface area contributed by atoms with E-state index in [4.69, 9.17) is 9.47 Å². The molecule has 1 heterocycles. The molecular formula is C16H24N2O3. The Morgan fingerprint density at radius 1 is 1.33 bits per heavy atom. The third kappa shape index (κ3) is 3.88. The summed E-state index contributed by atoms with van der Waals surface area (Å²) >= 11 is 0. The quantitative estimate of drug-likeness (QED) is 0.867. The van der Waals surface area contributed by atoms with Gasteiger partial charge in [-0.3, -0.25) is 4.79 Å². The van der Waals surface area contributed by atoms with Gasteiger partial charge in [-0.2, -0.15) is 0 Å². The Hall–Kier alpha value is -1.75. The van der Waals surface area contributed by atoms with Gasteiger partial charge in [0.1, 0.15) is 0 Å². The molecule has 0 radical (unpaired) electrons. The molecule has 116 valence electrons. The summed E-state index contributed by atoms with van der Waals surface area (Å²) in [5, 5.41) is 6.39. The smallest absolute Gasteiger partial charge is 0.251 e. The number of carbonyl (C=O) groups is 1. The van der Waals surface area contributed by atoms with Crippen LogP contribution in [0.5, 0.6) is 11.5 Å². The second-order valence-corrected chi connectivity index (χ2v) is 5.51. The van der Waals surface area contributed by atoms with Crippen molar-refractivity contribution in [3.63, 3.8) is 0 Å².